The van der Waals surface area contributed by atoms with Crippen LogP contribution in [0.1, 0.15) is 50.2 Å². The minimum absolute atomic E-state index is 0.0618. The lowest BCUT2D eigenvalue weighted by atomic mass is 10.1. The zero-order valence-corrected chi connectivity index (χ0v) is 15.9. The van der Waals surface area contributed by atoms with Gasteiger partial charge in [0.05, 0.1) is 16.9 Å². The Morgan fingerprint density at radius 2 is 1.75 bits per heavy atom. The summed E-state index contributed by atoms with van der Waals surface area (Å²) in [5.74, 6) is -0.0618. The van der Waals surface area contributed by atoms with Crippen LogP contribution in [0.2, 0.25) is 0 Å². The summed E-state index contributed by atoms with van der Waals surface area (Å²) in [5.41, 5.74) is 7.76. The first-order valence-corrected chi connectivity index (χ1v) is 9.39. The topological polar surface area (TPSA) is 67.2 Å². The number of rotatable bonds is 9. The molecule has 4 N–H and O–H groups in total. The molecule has 2 rings (SSSR count). The van der Waals surface area contributed by atoms with Crippen molar-refractivity contribution in [2.24, 2.45) is 0 Å². The summed E-state index contributed by atoms with van der Waals surface area (Å²) in [7, 11) is 0. The number of carbonyl (C=O) groups is 1. The Morgan fingerprint density at radius 3 is 2.36 bits per heavy atom. The highest BCUT2D eigenvalue weighted by atomic mass is 19.4. The van der Waals surface area contributed by atoms with E-state index in [1.54, 1.807) is 18.2 Å². The van der Waals surface area contributed by atoms with Gasteiger partial charge in [-0.2, -0.15) is 13.2 Å². The maximum absolute atomic E-state index is 12.6. The van der Waals surface area contributed by atoms with E-state index in [1.165, 1.54) is 12.1 Å². The van der Waals surface area contributed by atoms with E-state index in [0.717, 1.165) is 49.1 Å². The van der Waals surface area contributed by atoms with Crippen molar-refractivity contribution in [3.05, 3.63) is 53.6 Å². The summed E-state index contributed by atoms with van der Waals surface area (Å²) in [5, 5.41) is 5.93. The van der Waals surface area contributed by atoms with Crippen molar-refractivity contribution in [1.82, 2.24) is 0 Å². The third-order valence-corrected chi connectivity index (χ3v) is 4.36. The van der Waals surface area contributed by atoms with Crippen molar-refractivity contribution in [1.29, 1.82) is 0 Å². The van der Waals surface area contributed by atoms with Crippen molar-refractivity contribution in [2.45, 2.75) is 51.7 Å². The molecule has 0 aromatic heterocycles. The number of hydrogen-bond donors (Lipinski definition) is 3. The number of alkyl halides is 3. The first-order valence-electron chi connectivity index (χ1n) is 9.39. The smallest absolute Gasteiger partial charge is 0.397 e. The molecule has 28 heavy (non-hydrogen) atoms. The number of carbonyl (C=O) groups excluding carboxylic acids is 1. The minimum atomic E-state index is -4.34. The molecule has 0 bridgehead atoms. The van der Waals surface area contributed by atoms with E-state index >= 15 is 0 Å². The summed E-state index contributed by atoms with van der Waals surface area (Å²) >= 11 is 0. The lowest BCUT2D eigenvalue weighted by molar-refractivity contribution is -0.137. The van der Waals surface area contributed by atoms with E-state index < -0.39 is 11.7 Å². The zero-order chi connectivity index (χ0) is 20.6. The van der Waals surface area contributed by atoms with Gasteiger partial charge in [0.1, 0.15) is 0 Å². The number of halogens is 3. The van der Waals surface area contributed by atoms with Gasteiger partial charge in [-0.05, 0) is 42.3 Å². The fourth-order valence-electron chi connectivity index (χ4n) is 2.73. The second-order valence-corrected chi connectivity index (χ2v) is 6.71. The molecule has 152 valence electrons. The van der Waals surface area contributed by atoms with Crippen molar-refractivity contribution < 1.29 is 18.0 Å². The number of unbranched alkanes of at least 4 members (excludes halogenated alkanes) is 3. The lowest BCUT2D eigenvalue weighted by Crippen LogP contribution is -2.12. The van der Waals surface area contributed by atoms with Crippen LogP contribution in [0.4, 0.5) is 30.2 Å². The molecule has 0 aliphatic heterocycles. The highest BCUT2D eigenvalue weighted by Gasteiger charge is 2.29. The molecule has 0 radical (unpaired) electrons. The Kier molecular flexibility index (Phi) is 7.72. The molecule has 0 heterocycles. The Hall–Kier alpha value is -2.70. The van der Waals surface area contributed by atoms with E-state index in [-0.39, 0.29) is 5.91 Å². The summed E-state index contributed by atoms with van der Waals surface area (Å²) in [4.78, 5) is 12.0. The van der Waals surface area contributed by atoms with Gasteiger partial charge in [-0.1, -0.05) is 38.3 Å². The van der Waals surface area contributed by atoms with Crippen molar-refractivity contribution >= 4 is 23.0 Å². The van der Waals surface area contributed by atoms with Crippen LogP contribution in [-0.2, 0) is 17.5 Å². The van der Waals surface area contributed by atoms with Crippen LogP contribution in [0.15, 0.2) is 42.5 Å². The van der Waals surface area contributed by atoms with Gasteiger partial charge < -0.3 is 16.4 Å². The quantitative estimate of drug-likeness (QED) is 0.372. The Balaban J connectivity index is 1.87. The first kappa shape index (κ1) is 21.6. The Morgan fingerprint density at radius 1 is 1.04 bits per heavy atom. The fourth-order valence-corrected chi connectivity index (χ4v) is 2.73. The number of anilines is 3. The lowest BCUT2D eigenvalue weighted by Gasteiger charge is -2.12. The summed E-state index contributed by atoms with van der Waals surface area (Å²) in [6.45, 7) is 2.48. The van der Waals surface area contributed by atoms with Gasteiger partial charge >= 0.3 is 6.18 Å². The molecule has 7 heteroatoms. The molecular formula is C21H26F3N3O. The third-order valence-electron chi connectivity index (χ3n) is 4.36. The number of nitrogen functional groups attached to an aromatic ring is 1. The molecule has 0 aliphatic carbocycles. The van der Waals surface area contributed by atoms with Crippen LogP contribution >= 0.6 is 0 Å². The molecule has 0 unspecified atom stereocenters. The average Bonchev–Trinajstić information content (AvgIpc) is 2.65. The van der Waals surface area contributed by atoms with Crippen LogP contribution in [0.5, 0.6) is 0 Å². The van der Waals surface area contributed by atoms with Gasteiger partial charge in [0.25, 0.3) is 0 Å². The van der Waals surface area contributed by atoms with Crippen molar-refractivity contribution in [3.8, 4) is 0 Å². The molecule has 0 fully saturated rings. The molecule has 0 saturated carbocycles. The molecule has 0 spiro atoms. The van der Waals surface area contributed by atoms with E-state index in [9.17, 15) is 18.0 Å². The molecule has 4 nitrogen and oxygen atoms in total. The maximum atomic E-state index is 12.6. The highest BCUT2D eigenvalue weighted by molar-refractivity contribution is 5.94. The number of nitrogens with two attached hydrogens (primary N) is 1. The van der Waals surface area contributed by atoms with Gasteiger partial charge in [0.15, 0.2) is 0 Å². The van der Waals surface area contributed by atoms with Crippen LogP contribution < -0.4 is 16.4 Å². The van der Waals surface area contributed by atoms with Crippen molar-refractivity contribution in [2.75, 3.05) is 16.4 Å². The van der Waals surface area contributed by atoms with E-state index in [2.05, 4.69) is 17.6 Å². The van der Waals surface area contributed by atoms with Crippen LogP contribution in [0, 0.1) is 0 Å². The Labute approximate surface area is 163 Å². The predicted molar refractivity (Wildman–Crippen MR) is 107 cm³/mol. The number of nitrogens with one attached hydrogen (secondary N) is 2. The standard InChI is InChI=1S/C21H26F3N3O/c1-2-3-4-5-6-20(28)27-19-12-11-17(13-18(19)25)26-14-15-7-9-16(10-8-15)21(22,23)24/h7-13,26H,2-6,14,25H2,1H3,(H,27,28). The second-order valence-electron chi connectivity index (χ2n) is 6.71. The van der Waals surface area contributed by atoms with Crippen LogP contribution in [0.25, 0.3) is 0 Å². The third kappa shape index (κ3) is 6.79. The molecule has 0 aliphatic rings. The van der Waals surface area contributed by atoms with Crippen molar-refractivity contribution in [3.63, 3.8) is 0 Å². The monoisotopic (exact) mass is 393 g/mol. The maximum Gasteiger partial charge on any atom is 0.416 e. The van der Waals surface area contributed by atoms with E-state index in [1.807, 2.05) is 0 Å². The van der Waals surface area contributed by atoms with Gasteiger partial charge in [-0.3, -0.25) is 4.79 Å². The summed E-state index contributed by atoms with van der Waals surface area (Å²) < 4.78 is 37.8. The number of benzene rings is 2. The van der Waals surface area contributed by atoms with E-state index in [4.69, 9.17) is 5.73 Å². The highest BCUT2D eigenvalue weighted by Crippen LogP contribution is 2.29. The molecule has 1 amide bonds. The van der Waals surface area contributed by atoms with Gasteiger partial charge in [0.2, 0.25) is 5.91 Å². The number of hydrogen-bond acceptors (Lipinski definition) is 3. The number of amides is 1. The molecule has 2 aromatic rings. The summed E-state index contributed by atoms with van der Waals surface area (Å²) in [6, 6.07) is 10.2. The summed E-state index contributed by atoms with van der Waals surface area (Å²) in [6.07, 6.45) is 0.257. The average molecular weight is 393 g/mol. The second kappa shape index (κ2) is 10.0. The molecular weight excluding hydrogens is 367 g/mol. The predicted octanol–water partition coefficient (Wildman–Crippen LogP) is 5.81. The molecule has 0 atom stereocenters. The van der Waals surface area contributed by atoms with Gasteiger partial charge in [0, 0.05) is 18.7 Å². The molecule has 2 aromatic carbocycles. The first-order chi connectivity index (χ1) is 13.3. The SMILES string of the molecule is CCCCCCC(=O)Nc1ccc(NCc2ccc(C(F)(F)F)cc2)cc1N. The molecule has 0 saturated heterocycles. The van der Waals surface area contributed by atoms with Gasteiger partial charge in [-0.25, -0.2) is 0 Å². The van der Waals surface area contributed by atoms with Crippen LogP contribution in [-0.4, -0.2) is 5.91 Å². The normalized spacial score (nSPS) is 11.3. The fraction of sp³-hybridized carbons (Fsp3) is 0.381. The minimum Gasteiger partial charge on any atom is -0.397 e. The largest absolute Gasteiger partial charge is 0.416 e. The van der Waals surface area contributed by atoms with E-state index in [0.29, 0.717) is 24.3 Å². The Bertz CT molecular complexity index is 773. The van der Waals surface area contributed by atoms with Crippen LogP contribution in [0.3, 0.4) is 0 Å². The van der Waals surface area contributed by atoms with Gasteiger partial charge in [-0.15, -0.1) is 0 Å². The zero-order valence-electron chi connectivity index (χ0n) is 15.9.